The van der Waals surface area contributed by atoms with Crippen LogP contribution < -0.4 is 21.1 Å². The lowest BCUT2D eigenvalue weighted by atomic mass is 9.79. The highest BCUT2D eigenvalue weighted by atomic mass is 16.5. The smallest absolute Gasteiger partial charge is 0.196 e. The first-order chi connectivity index (χ1) is 18.3. The fourth-order valence-corrected chi connectivity index (χ4v) is 5.79. The van der Waals surface area contributed by atoms with E-state index in [4.69, 9.17) is 9.47 Å². The van der Waals surface area contributed by atoms with Gasteiger partial charge in [-0.1, -0.05) is 60.9 Å². The van der Waals surface area contributed by atoms with Crippen LogP contribution >= 0.6 is 0 Å². The van der Waals surface area contributed by atoms with Crippen molar-refractivity contribution in [2.75, 3.05) is 20.3 Å². The number of nitrogens with zero attached hydrogens (tertiary/aromatic N) is 1. The molecule has 39 heavy (non-hydrogen) atoms. The minimum Gasteiger partial charge on any atom is -0.507 e. The number of phenolic OH excluding ortho intramolecular Hbond substituents is 1. The summed E-state index contributed by atoms with van der Waals surface area (Å²) in [7, 11) is 8.16. The summed E-state index contributed by atoms with van der Waals surface area (Å²) in [6.45, 7) is 10.7. The van der Waals surface area contributed by atoms with Crippen LogP contribution in [-0.4, -0.2) is 76.8 Å². The zero-order valence-corrected chi connectivity index (χ0v) is 25.7. The lowest BCUT2D eigenvalue weighted by Gasteiger charge is -2.53. The third-order valence-corrected chi connectivity index (χ3v) is 8.73. The topological polar surface area (TPSA) is 59.0 Å². The molecule has 1 N–H and O–H groups in total. The summed E-state index contributed by atoms with van der Waals surface area (Å²) < 4.78 is 12.2. The Morgan fingerprint density at radius 1 is 0.872 bits per heavy atom. The summed E-state index contributed by atoms with van der Waals surface area (Å²) >= 11 is 0. The Kier molecular flexibility index (Phi) is 10.8. The Labute approximate surface area is 239 Å². The van der Waals surface area contributed by atoms with E-state index in [9.17, 15) is 9.90 Å². The molecule has 0 radical (unpaired) electrons. The fraction of sp³-hybridized carbons (Fsp3) is 0.581. The van der Waals surface area contributed by atoms with Crippen LogP contribution in [0.15, 0.2) is 30.3 Å². The molecule has 210 valence electrons. The molecule has 8 heteroatoms. The molecule has 0 saturated carbocycles. The van der Waals surface area contributed by atoms with Crippen LogP contribution in [0.4, 0.5) is 0 Å². The summed E-state index contributed by atoms with van der Waals surface area (Å²) in [4.78, 5) is 15.5. The molecule has 3 rings (SSSR count). The molecule has 2 aromatic rings. The molecule has 0 spiro atoms. The number of hydrogen-bond acceptors (Lipinski definition) is 5. The number of rotatable bonds is 13. The molecule has 0 aromatic heterocycles. The maximum atomic E-state index is 13.0. The number of carbonyl (C=O) groups excluding carboxylic acids is 1. The van der Waals surface area contributed by atoms with Gasteiger partial charge < -0.3 is 14.6 Å². The fourth-order valence-electron chi connectivity index (χ4n) is 5.79. The van der Waals surface area contributed by atoms with Crippen molar-refractivity contribution in [3.63, 3.8) is 0 Å². The first kappa shape index (κ1) is 31.4. The molecule has 1 heterocycles. The van der Waals surface area contributed by atoms with Crippen molar-refractivity contribution in [3.05, 3.63) is 41.5 Å². The average Bonchev–Trinajstić information content (AvgIpc) is 2.86. The normalized spacial score (nSPS) is 17.3. The Morgan fingerprint density at radius 3 is 2.08 bits per heavy atom. The molecule has 0 bridgehead atoms. The molecule has 1 saturated heterocycles. The molecular formula is C31H48B3NO4. The van der Waals surface area contributed by atoms with Crippen LogP contribution in [-0.2, 0) is 4.74 Å². The van der Waals surface area contributed by atoms with E-state index in [-0.39, 0.29) is 22.6 Å². The summed E-state index contributed by atoms with van der Waals surface area (Å²) in [5.74, 6) is 0.435. The molecular weight excluding hydrogens is 483 g/mol. The third-order valence-electron chi connectivity index (χ3n) is 8.73. The summed E-state index contributed by atoms with van der Waals surface area (Å²) in [5.41, 5.74) is 4.30. The number of benzene rings is 2. The predicted octanol–water partition coefficient (Wildman–Crippen LogP) is 1.79. The van der Waals surface area contributed by atoms with Crippen molar-refractivity contribution in [2.24, 2.45) is 0 Å². The Balaban J connectivity index is 1.32. The summed E-state index contributed by atoms with van der Waals surface area (Å²) in [5, 5.41) is 10.5. The number of carbonyl (C=O) groups is 1. The third kappa shape index (κ3) is 8.41. The van der Waals surface area contributed by atoms with Crippen molar-refractivity contribution >= 4 is 45.7 Å². The van der Waals surface area contributed by atoms with Gasteiger partial charge >= 0.3 is 0 Å². The second-order valence-corrected chi connectivity index (χ2v) is 12.8. The summed E-state index contributed by atoms with van der Waals surface area (Å²) in [6, 6.07) is 8.94. The Bertz CT molecular complexity index is 1120. The van der Waals surface area contributed by atoms with E-state index in [1.54, 1.807) is 12.1 Å². The van der Waals surface area contributed by atoms with Crippen LogP contribution in [0.25, 0.3) is 0 Å². The number of piperidine rings is 1. The van der Waals surface area contributed by atoms with Crippen LogP contribution in [0.1, 0.15) is 95.0 Å². The lowest BCUT2D eigenvalue weighted by Crippen LogP contribution is -2.60. The molecule has 1 fully saturated rings. The Hall–Kier alpha value is -2.18. The van der Waals surface area contributed by atoms with E-state index < -0.39 is 0 Å². The molecule has 0 atom stereocenters. The van der Waals surface area contributed by atoms with Gasteiger partial charge in [0.05, 0.1) is 18.3 Å². The van der Waals surface area contributed by atoms with E-state index in [2.05, 4.69) is 39.6 Å². The average molecular weight is 531 g/mol. The van der Waals surface area contributed by atoms with Crippen molar-refractivity contribution in [3.8, 4) is 11.5 Å². The van der Waals surface area contributed by atoms with Crippen molar-refractivity contribution < 1.29 is 19.4 Å². The zero-order chi connectivity index (χ0) is 28.8. The second-order valence-electron chi connectivity index (χ2n) is 12.8. The van der Waals surface area contributed by atoms with Crippen LogP contribution in [0, 0.1) is 0 Å². The maximum absolute atomic E-state index is 13.0. The predicted molar refractivity (Wildman–Crippen MR) is 171 cm³/mol. The van der Waals surface area contributed by atoms with Gasteiger partial charge in [-0.15, -0.1) is 0 Å². The first-order valence-electron chi connectivity index (χ1n) is 14.8. The van der Waals surface area contributed by atoms with Gasteiger partial charge in [-0.25, -0.2) is 0 Å². The molecule has 0 amide bonds. The van der Waals surface area contributed by atoms with Gasteiger partial charge in [0.25, 0.3) is 0 Å². The van der Waals surface area contributed by atoms with Gasteiger partial charge in [0.15, 0.2) is 5.78 Å². The van der Waals surface area contributed by atoms with Gasteiger partial charge in [0, 0.05) is 29.3 Å². The zero-order valence-electron chi connectivity index (χ0n) is 25.7. The number of unbranched alkanes of at least 4 members (excludes halogenated alkanes) is 5. The Morgan fingerprint density at radius 2 is 1.46 bits per heavy atom. The molecule has 5 nitrogen and oxygen atoms in total. The number of aromatic hydroxyl groups is 1. The molecule has 0 aliphatic carbocycles. The quantitative estimate of drug-likeness (QED) is 0.243. The van der Waals surface area contributed by atoms with E-state index in [0.717, 1.165) is 55.1 Å². The van der Waals surface area contributed by atoms with Crippen LogP contribution in [0.5, 0.6) is 11.5 Å². The SMILES string of the molecule is Bc1ccc(C(=O)c2cc(B)c(OCCCCCCCCOC3CC(C)(C)N(C)C(C)(C)C3)cc2O)cc1B. The lowest BCUT2D eigenvalue weighted by molar-refractivity contribution is -0.0918. The molecule has 2 aromatic carbocycles. The van der Waals surface area contributed by atoms with Gasteiger partial charge in [-0.05, 0) is 65.9 Å². The van der Waals surface area contributed by atoms with E-state index in [1.807, 2.05) is 41.7 Å². The second kappa shape index (κ2) is 13.5. The number of hydrogen-bond donors (Lipinski definition) is 1. The largest absolute Gasteiger partial charge is 0.507 e. The van der Waals surface area contributed by atoms with Gasteiger partial charge in [0.2, 0.25) is 0 Å². The van der Waals surface area contributed by atoms with Crippen molar-refractivity contribution in [1.29, 1.82) is 0 Å². The minimum absolute atomic E-state index is 0.0339. The van der Waals surface area contributed by atoms with E-state index in [0.29, 0.717) is 29.6 Å². The van der Waals surface area contributed by atoms with Crippen LogP contribution in [0.2, 0.25) is 0 Å². The monoisotopic (exact) mass is 531 g/mol. The minimum atomic E-state index is -0.172. The summed E-state index contributed by atoms with van der Waals surface area (Å²) in [6.07, 6.45) is 9.34. The van der Waals surface area contributed by atoms with Gasteiger partial charge in [0.1, 0.15) is 35.0 Å². The number of ketones is 1. The van der Waals surface area contributed by atoms with E-state index in [1.165, 1.54) is 19.3 Å². The first-order valence-corrected chi connectivity index (χ1v) is 14.8. The van der Waals surface area contributed by atoms with E-state index >= 15 is 0 Å². The number of likely N-dealkylation sites (tertiary alicyclic amines) is 1. The molecule has 1 aliphatic rings. The maximum Gasteiger partial charge on any atom is 0.196 e. The van der Waals surface area contributed by atoms with Crippen molar-refractivity contribution in [1.82, 2.24) is 4.90 Å². The highest BCUT2D eigenvalue weighted by molar-refractivity contribution is 6.48. The van der Waals surface area contributed by atoms with Crippen molar-refractivity contribution in [2.45, 2.75) is 96.2 Å². The van der Waals surface area contributed by atoms with Gasteiger partial charge in [-0.3, -0.25) is 9.69 Å². The standard InChI is InChI=1S/C31H48B3NO4/c1-30(2)19-22(20-31(3,4)35(30)5)38-14-10-8-6-7-9-11-15-39-28-18-27(36)23(17-26(28)34)29(37)21-12-13-24(32)25(33)16-21/h12-13,16-18,22,36H,6-11,14-15,19-20,32-34H2,1-5H3. The number of phenols is 1. The molecule has 1 aliphatic heterocycles. The number of ether oxygens (including phenoxy) is 2. The van der Waals surface area contributed by atoms with Crippen LogP contribution in [0.3, 0.4) is 0 Å². The highest BCUT2D eigenvalue weighted by Crippen LogP contribution is 2.38. The highest BCUT2D eigenvalue weighted by Gasteiger charge is 2.43. The van der Waals surface area contributed by atoms with Gasteiger partial charge in [-0.2, -0.15) is 0 Å². The molecule has 0 unspecified atom stereocenters.